The molecule has 0 bridgehead atoms. The first-order chi connectivity index (χ1) is 22.4. The van der Waals surface area contributed by atoms with E-state index in [0.29, 0.717) is 12.8 Å². The van der Waals surface area contributed by atoms with Crippen LogP contribution in [0, 0.1) is 11.3 Å². The van der Waals surface area contributed by atoms with Gasteiger partial charge in [0.25, 0.3) is 0 Å². The number of Topliss-reactive ketones (excluding diaryl/α,β-unsaturated/α-hetero) is 3. The van der Waals surface area contributed by atoms with Crippen LogP contribution in [0.25, 0.3) is 0 Å². The molecule has 0 amide bonds. The van der Waals surface area contributed by atoms with E-state index >= 15 is 0 Å². The van der Waals surface area contributed by atoms with Gasteiger partial charge in [-0.15, -0.1) is 0 Å². The van der Waals surface area contributed by atoms with E-state index < -0.39 is 41.4 Å². The molecular weight excluding hydrogens is 580 g/mol. The molecule has 268 valence electrons. The van der Waals surface area contributed by atoms with Gasteiger partial charge in [0, 0.05) is 12.8 Å². The third-order valence-corrected chi connectivity index (χ3v) is 9.56. The Morgan fingerprint density at radius 3 is 1.04 bits per heavy atom. The monoisotopic (exact) mass is 651 g/mol. The molecule has 7 nitrogen and oxygen atoms in total. The maximum absolute atomic E-state index is 13.5. The molecule has 0 aromatic carbocycles. The van der Waals surface area contributed by atoms with Crippen molar-refractivity contribution in [2.24, 2.45) is 11.3 Å². The van der Waals surface area contributed by atoms with Gasteiger partial charge in [0.2, 0.25) is 0 Å². The van der Waals surface area contributed by atoms with E-state index in [1.807, 2.05) is 0 Å². The molecule has 0 heterocycles. The van der Waals surface area contributed by atoms with Gasteiger partial charge in [0.1, 0.15) is 24.6 Å². The second-order valence-corrected chi connectivity index (χ2v) is 13.5. The number of ketones is 3. The van der Waals surface area contributed by atoms with Gasteiger partial charge in [-0.25, -0.2) is 0 Å². The summed E-state index contributed by atoms with van der Waals surface area (Å²) in [5, 5.41) is 19.2. The summed E-state index contributed by atoms with van der Waals surface area (Å²) < 4.78 is 0. The fraction of sp³-hybridized carbons (Fsp3) is 0.872. The first-order valence-corrected chi connectivity index (χ1v) is 19.2. The van der Waals surface area contributed by atoms with Crippen LogP contribution in [-0.4, -0.2) is 52.8 Å². The molecular formula is C39H70O7. The average molecular weight is 651 g/mol. The maximum atomic E-state index is 13.5. The highest BCUT2D eigenvalue weighted by Crippen LogP contribution is 2.33. The highest BCUT2D eigenvalue weighted by molar-refractivity contribution is 6.24. The van der Waals surface area contributed by atoms with Gasteiger partial charge in [0.05, 0.1) is 6.61 Å². The summed E-state index contributed by atoms with van der Waals surface area (Å²) in [5.74, 6) is -4.57. The SMILES string of the molecule is CCCCCCCCCCCCCCCC(=O)C(C=O)(C(=O)CCCCCCCCCCCCCCC)C(C=O)C(=O)C(O)CO. The molecule has 2 atom stereocenters. The molecule has 0 saturated carbocycles. The fourth-order valence-electron chi connectivity index (χ4n) is 6.42. The Bertz CT molecular complexity index is 751. The van der Waals surface area contributed by atoms with Crippen molar-refractivity contribution in [1.29, 1.82) is 0 Å². The quantitative estimate of drug-likeness (QED) is 0.0394. The predicted octanol–water partition coefficient (Wildman–Crippen LogP) is 9.01. The van der Waals surface area contributed by atoms with Crippen LogP contribution in [0.3, 0.4) is 0 Å². The largest absolute Gasteiger partial charge is 0.393 e. The standard InChI is InChI=1S/C39H70O7/c1-3-5-7-9-11-13-15-17-19-21-23-25-27-29-36(44)39(33-42,34(31-40)38(46)35(43)32-41)37(45)30-28-26-24-22-20-18-16-14-12-10-8-6-4-2/h31,33-35,41,43H,3-30,32H2,1-2H3. The Hall–Kier alpha value is -1.73. The van der Waals surface area contributed by atoms with Crippen LogP contribution in [0.2, 0.25) is 0 Å². The van der Waals surface area contributed by atoms with Crippen LogP contribution < -0.4 is 0 Å². The maximum Gasteiger partial charge on any atom is 0.175 e. The molecule has 46 heavy (non-hydrogen) atoms. The molecule has 0 rings (SSSR count). The zero-order chi connectivity index (χ0) is 34.3. The molecule has 0 saturated heterocycles. The van der Waals surface area contributed by atoms with E-state index in [1.54, 1.807) is 0 Å². The van der Waals surface area contributed by atoms with Crippen molar-refractivity contribution in [2.45, 2.75) is 200 Å². The summed E-state index contributed by atoms with van der Waals surface area (Å²) in [6, 6.07) is 0. The number of hydrogen-bond donors (Lipinski definition) is 2. The minimum atomic E-state index is -2.44. The van der Waals surface area contributed by atoms with Crippen LogP contribution in [-0.2, 0) is 24.0 Å². The van der Waals surface area contributed by atoms with Crippen LogP contribution in [0.15, 0.2) is 0 Å². The van der Waals surface area contributed by atoms with Crippen molar-refractivity contribution in [2.75, 3.05) is 6.61 Å². The van der Waals surface area contributed by atoms with Crippen molar-refractivity contribution in [1.82, 2.24) is 0 Å². The minimum absolute atomic E-state index is 0.0896. The number of hydrogen-bond acceptors (Lipinski definition) is 7. The van der Waals surface area contributed by atoms with E-state index in [9.17, 15) is 34.2 Å². The van der Waals surface area contributed by atoms with E-state index in [2.05, 4.69) is 13.8 Å². The Balaban J connectivity index is 4.76. The summed E-state index contributed by atoms with van der Waals surface area (Å²) in [7, 11) is 0. The number of aliphatic hydroxyl groups is 2. The molecule has 0 fully saturated rings. The average Bonchev–Trinajstić information content (AvgIpc) is 3.06. The third-order valence-electron chi connectivity index (χ3n) is 9.56. The van der Waals surface area contributed by atoms with Crippen LogP contribution >= 0.6 is 0 Å². The van der Waals surface area contributed by atoms with E-state index in [0.717, 1.165) is 51.4 Å². The lowest BCUT2D eigenvalue weighted by Crippen LogP contribution is -2.53. The van der Waals surface area contributed by atoms with Crippen LogP contribution in [0.1, 0.15) is 194 Å². The predicted molar refractivity (Wildman–Crippen MR) is 187 cm³/mol. The molecule has 7 heteroatoms. The van der Waals surface area contributed by atoms with Crippen molar-refractivity contribution < 1.29 is 34.2 Å². The van der Waals surface area contributed by atoms with Crippen LogP contribution in [0.4, 0.5) is 0 Å². The summed E-state index contributed by atoms with van der Waals surface area (Å²) in [5.41, 5.74) is -2.44. The fourth-order valence-corrected chi connectivity index (χ4v) is 6.42. The van der Waals surface area contributed by atoms with Crippen LogP contribution in [0.5, 0.6) is 0 Å². The molecule has 0 aliphatic rings. The lowest BCUT2D eigenvalue weighted by molar-refractivity contribution is -0.157. The molecule has 2 N–H and O–H groups in total. The van der Waals surface area contributed by atoms with Gasteiger partial charge in [0.15, 0.2) is 22.8 Å². The third kappa shape index (κ3) is 19.2. The summed E-state index contributed by atoms with van der Waals surface area (Å²) >= 11 is 0. The number of unbranched alkanes of at least 4 members (excludes halogenated alkanes) is 24. The molecule has 0 aromatic heterocycles. The van der Waals surface area contributed by atoms with E-state index in [4.69, 9.17) is 0 Å². The van der Waals surface area contributed by atoms with E-state index in [-0.39, 0.29) is 25.4 Å². The van der Waals surface area contributed by atoms with Gasteiger partial charge in [-0.2, -0.15) is 0 Å². The number of rotatable bonds is 36. The normalized spacial score (nSPS) is 13.0. The number of aliphatic hydroxyl groups excluding tert-OH is 2. The van der Waals surface area contributed by atoms with Gasteiger partial charge in [-0.3, -0.25) is 14.4 Å². The zero-order valence-electron chi connectivity index (χ0n) is 29.8. The first kappa shape index (κ1) is 44.3. The molecule has 0 radical (unpaired) electrons. The minimum Gasteiger partial charge on any atom is -0.393 e. The summed E-state index contributed by atoms with van der Waals surface area (Å²) in [6.07, 6.45) is 27.4. The lowest BCUT2D eigenvalue weighted by atomic mass is 9.66. The number of carbonyl (C=O) groups is 5. The Labute approximate surface area is 281 Å². The highest BCUT2D eigenvalue weighted by Gasteiger charge is 2.54. The molecule has 0 spiro atoms. The lowest BCUT2D eigenvalue weighted by Gasteiger charge is -2.30. The van der Waals surface area contributed by atoms with Crippen molar-refractivity contribution in [3.05, 3.63) is 0 Å². The van der Waals surface area contributed by atoms with Crippen molar-refractivity contribution >= 4 is 29.9 Å². The molecule has 0 aromatic rings. The van der Waals surface area contributed by atoms with Gasteiger partial charge < -0.3 is 19.8 Å². The smallest absolute Gasteiger partial charge is 0.175 e. The molecule has 0 aliphatic carbocycles. The first-order valence-electron chi connectivity index (χ1n) is 19.2. The Morgan fingerprint density at radius 1 is 0.522 bits per heavy atom. The second kappa shape index (κ2) is 30.6. The summed E-state index contributed by atoms with van der Waals surface area (Å²) in [4.78, 5) is 64.3. The van der Waals surface area contributed by atoms with Gasteiger partial charge in [-0.1, -0.05) is 168 Å². The van der Waals surface area contributed by atoms with E-state index in [1.165, 1.54) is 103 Å². The van der Waals surface area contributed by atoms with Gasteiger partial charge >= 0.3 is 0 Å². The Kier molecular flexibility index (Phi) is 29.4. The topological polar surface area (TPSA) is 126 Å². The summed E-state index contributed by atoms with van der Waals surface area (Å²) in [6.45, 7) is 3.49. The number of carbonyl (C=O) groups excluding carboxylic acids is 5. The second-order valence-electron chi connectivity index (χ2n) is 13.5. The van der Waals surface area contributed by atoms with Crippen molar-refractivity contribution in [3.8, 4) is 0 Å². The zero-order valence-corrected chi connectivity index (χ0v) is 29.8. The Morgan fingerprint density at radius 2 is 0.804 bits per heavy atom. The molecule has 0 aliphatic heterocycles. The highest BCUT2D eigenvalue weighted by atomic mass is 16.3. The van der Waals surface area contributed by atoms with Crippen molar-refractivity contribution in [3.63, 3.8) is 0 Å². The molecule has 2 unspecified atom stereocenters. The van der Waals surface area contributed by atoms with Gasteiger partial charge in [-0.05, 0) is 12.8 Å². The number of aldehydes is 2.